The maximum Gasteiger partial charge on any atom is 0.338 e. The van der Waals surface area contributed by atoms with Crippen LogP contribution in [0.15, 0.2) is 27.5 Å². The highest BCUT2D eigenvalue weighted by molar-refractivity contribution is 7.90. The van der Waals surface area contributed by atoms with Gasteiger partial charge >= 0.3 is 5.97 Å². The van der Waals surface area contributed by atoms with Crippen LogP contribution in [0.4, 0.5) is 5.69 Å². The van der Waals surface area contributed by atoms with Crippen LogP contribution >= 0.6 is 0 Å². The van der Waals surface area contributed by atoms with Gasteiger partial charge in [0.05, 0.1) is 11.3 Å². The average molecular weight is 365 g/mol. The quantitative estimate of drug-likeness (QED) is 0.804. The Kier molecular flexibility index (Phi) is 4.51. The summed E-state index contributed by atoms with van der Waals surface area (Å²) in [5.41, 5.74) is 5.62. The standard InChI is InChI=1S/C16H19N3O5S/c1-10(15(17)20)24-16(21)11-6-7-12-13(9-11)25(22,23)18-14-5-3-2-4-8-19(12)14/h6-7,9-10H,2-5,8H2,1H3,(H2,17,20)/t10-/m0/s1. The summed E-state index contributed by atoms with van der Waals surface area (Å²) >= 11 is 0. The maximum atomic E-state index is 12.5. The number of primary amides is 1. The molecule has 2 heterocycles. The van der Waals surface area contributed by atoms with E-state index in [0.29, 0.717) is 24.5 Å². The first kappa shape index (κ1) is 17.4. The van der Waals surface area contributed by atoms with Gasteiger partial charge in [0.2, 0.25) is 0 Å². The normalized spacial score (nSPS) is 19.7. The predicted octanol–water partition coefficient (Wildman–Crippen LogP) is 1.20. The van der Waals surface area contributed by atoms with Gasteiger partial charge in [-0.2, -0.15) is 8.42 Å². The van der Waals surface area contributed by atoms with E-state index in [9.17, 15) is 18.0 Å². The molecule has 2 N–H and O–H groups in total. The number of nitrogens with two attached hydrogens (primary N) is 1. The van der Waals surface area contributed by atoms with E-state index in [1.54, 1.807) is 6.07 Å². The highest BCUT2D eigenvalue weighted by Gasteiger charge is 2.32. The molecule has 1 saturated heterocycles. The summed E-state index contributed by atoms with van der Waals surface area (Å²) < 4.78 is 33.9. The Morgan fingerprint density at radius 2 is 2.04 bits per heavy atom. The molecule has 2 aliphatic rings. The maximum absolute atomic E-state index is 12.5. The number of carbonyl (C=O) groups is 2. The van der Waals surface area contributed by atoms with E-state index in [4.69, 9.17) is 10.5 Å². The second-order valence-corrected chi connectivity index (χ2v) is 7.65. The van der Waals surface area contributed by atoms with Gasteiger partial charge in [-0.25, -0.2) is 4.79 Å². The van der Waals surface area contributed by atoms with Gasteiger partial charge in [0, 0.05) is 13.0 Å². The van der Waals surface area contributed by atoms with Gasteiger partial charge in [-0.15, -0.1) is 4.40 Å². The number of fused-ring (bicyclic) bond motifs is 3. The predicted molar refractivity (Wildman–Crippen MR) is 90.9 cm³/mol. The fourth-order valence-electron chi connectivity index (χ4n) is 2.89. The van der Waals surface area contributed by atoms with E-state index in [0.717, 1.165) is 19.3 Å². The van der Waals surface area contributed by atoms with Gasteiger partial charge in [0.15, 0.2) is 6.10 Å². The Morgan fingerprint density at radius 1 is 1.28 bits per heavy atom. The topological polar surface area (TPSA) is 119 Å². The zero-order chi connectivity index (χ0) is 18.2. The highest BCUT2D eigenvalue weighted by Crippen LogP contribution is 2.35. The van der Waals surface area contributed by atoms with Gasteiger partial charge in [-0.3, -0.25) is 4.79 Å². The number of benzene rings is 1. The van der Waals surface area contributed by atoms with E-state index >= 15 is 0 Å². The molecule has 2 aliphatic heterocycles. The van der Waals surface area contributed by atoms with Gasteiger partial charge in [-0.05, 0) is 38.0 Å². The largest absolute Gasteiger partial charge is 0.449 e. The summed E-state index contributed by atoms with van der Waals surface area (Å²) in [6, 6.07) is 4.31. The van der Waals surface area contributed by atoms with Crippen molar-refractivity contribution < 1.29 is 22.7 Å². The molecule has 0 unspecified atom stereocenters. The lowest BCUT2D eigenvalue weighted by atomic mass is 10.1. The Hall–Kier alpha value is -2.42. The summed E-state index contributed by atoms with van der Waals surface area (Å²) in [6.45, 7) is 2.03. The second kappa shape index (κ2) is 6.47. The number of amidine groups is 1. The number of rotatable bonds is 3. The fraction of sp³-hybridized carbons (Fsp3) is 0.438. The van der Waals surface area contributed by atoms with Crippen molar-refractivity contribution in [1.29, 1.82) is 0 Å². The van der Waals surface area contributed by atoms with Crippen LogP contribution in [0.5, 0.6) is 0 Å². The number of hydrogen-bond acceptors (Lipinski definition) is 6. The molecule has 1 fully saturated rings. The summed E-state index contributed by atoms with van der Waals surface area (Å²) in [4.78, 5) is 25.0. The molecule has 0 spiro atoms. The number of nitrogens with zero attached hydrogens (tertiary/aromatic N) is 2. The molecule has 25 heavy (non-hydrogen) atoms. The minimum atomic E-state index is -3.88. The molecule has 134 valence electrons. The van der Waals surface area contributed by atoms with E-state index in [1.807, 2.05) is 4.90 Å². The third-order valence-electron chi connectivity index (χ3n) is 4.27. The molecule has 1 amide bonds. The number of carbonyl (C=O) groups excluding carboxylic acids is 2. The van der Waals surface area contributed by atoms with Crippen molar-refractivity contribution in [2.24, 2.45) is 10.1 Å². The molecule has 3 rings (SSSR count). The Morgan fingerprint density at radius 3 is 2.76 bits per heavy atom. The molecule has 1 aromatic carbocycles. The van der Waals surface area contributed by atoms with Crippen molar-refractivity contribution in [2.45, 2.75) is 43.6 Å². The minimum Gasteiger partial charge on any atom is -0.449 e. The lowest BCUT2D eigenvalue weighted by molar-refractivity contribution is -0.125. The van der Waals surface area contributed by atoms with Crippen molar-refractivity contribution >= 4 is 33.4 Å². The molecule has 9 heteroatoms. The van der Waals surface area contributed by atoms with Crippen molar-refractivity contribution in [1.82, 2.24) is 0 Å². The Balaban J connectivity index is 1.98. The SMILES string of the molecule is C[C@H](OC(=O)c1ccc2c(c1)S(=O)(=O)N=C1CCCCCN12)C(N)=O. The van der Waals surface area contributed by atoms with Gasteiger partial charge in [-0.1, -0.05) is 6.42 Å². The van der Waals surface area contributed by atoms with Crippen LogP contribution < -0.4 is 10.6 Å². The first-order valence-corrected chi connectivity index (χ1v) is 9.49. The van der Waals surface area contributed by atoms with Crippen molar-refractivity contribution in [3.05, 3.63) is 23.8 Å². The Bertz CT molecular complexity index is 863. The molecule has 0 aromatic heterocycles. The van der Waals surface area contributed by atoms with E-state index in [-0.39, 0.29) is 10.5 Å². The molecule has 1 aromatic rings. The first-order chi connectivity index (χ1) is 11.8. The number of amides is 1. The minimum absolute atomic E-state index is 0.0284. The Labute approximate surface area is 145 Å². The number of sulfonamides is 1. The number of anilines is 1. The number of ether oxygens (including phenoxy) is 1. The van der Waals surface area contributed by atoms with Crippen molar-refractivity contribution in [3.8, 4) is 0 Å². The van der Waals surface area contributed by atoms with E-state index in [2.05, 4.69) is 4.40 Å². The van der Waals surface area contributed by atoms with Crippen LogP contribution in [-0.2, 0) is 19.6 Å². The number of esters is 1. The molecule has 0 radical (unpaired) electrons. The van der Waals surface area contributed by atoms with Gasteiger partial charge in [0.1, 0.15) is 10.7 Å². The highest BCUT2D eigenvalue weighted by atomic mass is 32.2. The second-order valence-electron chi connectivity index (χ2n) is 6.08. The molecule has 0 aliphatic carbocycles. The van der Waals surface area contributed by atoms with Crippen molar-refractivity contribution in [3.63, 3.8) is 0 Å². The van der Waals surface area contributed by atoms with Crippen LogP contribution in [0.3, 0.4) is 0 Å². The number of hydrogen-bond donors (Lipinski definition) is 1. The first-order valence-electron chi connectivity index (χ1n) is 8.05. The van der Waals surface area contributed by atoms with Crippen LogP contribution in [-0.4, -0.2) is 38.8 Å². The van der Waals surface area contributed by atoms with E-state index in [1.165, 1.54) is 19.1 Å². The molecule has 0 saturated carbocycles. The fourth-order valence-corrected chi connectivity index (χ4v) is 4.18. The van der Waals surface area contributed by atoms with Crippen LogP contribution in [0.25, 0.3) is 0 Å². The smallest absolute Gasteiger partial charge is 0.338 e. The molecule has 1 atom stereocenters. The van der Waals surface area contributed by atoms with Crippen LogP contribution in [0.1, 0.15) is 43.0 Å². The summed E-state index contributed by atoms with van der Waals surface area (Å²) in [7, 11) is -3.88. The summed E-state index contributed by atoms with van der Waals surface area (Å²) in [5, 5.41) is 0. The van der Waals surface area contributed by atoms with Crippen molar-refractivity contribution in [2.75, 3.05) is 11.4 Å². The van der Waals surface area contributed by atoms with E-state index < -0.39 is 28.0 Å². The molecular weight excluding hydrogens is 346 g/mol. The van der Waals surface area contributed by atoms with Crippen LogP contribution in [0, 0.1) is 0 Å². The lowest BCUT2D eigenvalue weighted by Crippen LogP contribution is -2.35. The zero-order valence-electron chi connectivity index (χ0n) is 13.8. The lowest BCUT2D eigenvalue weighted by Gasteiger charge is -2.29. The van der Waals surface area contributed by atoms with Crippen LogP contribution in [0.2, 0.25) is 0 Å². The molecular formula is C16H19N3O5S. The average Bonchev–Trinajstić information content (AvgIpc) is 2.79. The monoisotopic (exact) mass is 365 g/mol. The third kappa shape index (κ3) is 3.37. The summed E-state index contributed by atoms with van der Waals surface area (Å²) in [5.74, 6) is -1.05. The van der Waals surface area contributed by atoms with Gasteiger partial charge in [0.25, 0.3) is 15.9 Å². The zero-order valence-corrected chi connectivity index (χ0v) is 14.6. The molecule has 8 nitrogen and oxygen atoms in total. The van der Waals surface area contributed by atoms with Gasteiger partial charge < -0.3 is 15.4 Å². The molecule has 0 bridgehead atoms. The summed E-state index contributed by atoms with van der Waals surface area (Å²) in [6.07, 6.45) is 2.36. The third-order valence-corrected chi connectivity index (χ3v) is 5.60.